The number of hydrogen-bond donors (Lipinski definition) is 3. The van der Waals surface area contributed by atoms with Crippen molar-refractivity contribution in [1.29, 1.82) is 0 Å². The van der Waals surface area contributed by atoms with E-state index in [9.17, 15) is 9.59 Å². The number of thiazole rings is 1. The monoisotopic (exact) mass is 398 g/mol. The summed E-state index contributed by atoms with van der Waals surface area (Å²) in [5.41, 5.74) is 1.53. The SMILES string of the molecule is CCC1C(=O)NC(n2nc(C)cc2NC(=O)c2nc3ccccc3s2)NC1C. The van der Waals surface area contributed by atoms with Crippen molar-refractivity contribution in [3.8, 4) is 0 Å². The summed E-state index contributed by atoms with van der Waals surface area (Å²) in [7, 11) is 0. The first-order valence-corrected chi connectivity index (χ1v) is 10.1. The highest BCUT2D eigenvalue weighted by Crippen LogP contribution is 2.24. The lowest BCUT2D eigenvalue weighted by Gasteiger charge is -2.35. The second-order valence-corrected chi connectivity index (χ2v) is 7.97. The first-order chi connectivity index (χ1) is 13.5. The van der Waals surface area contributed by atoms with Crippen LogP contribution >= 0.6 is 11.3 Å². The van der Waals surface area contributed by atoms with Gasteiger partial charge in [-0.1, -0.05) is 19.1 Å². The number of rotatable bonds is 4. The maximum absolute atomic E-state index is 12.7. The van der Waals surface area contributed by atoms with Crippen molar-refractivity contribution < 1.29 is 9.59 Å². The molecule has 146 valence electrons. The third kappa shape index (κ3) is 3.38. The van der Waals surface area contributed by atoms with E-state index in [1.165, 1.54) is 11.3 Å². The van der Waals surface area contributed by atoms with Crippen LogP contribution in [-0.2, 0) is 4.79 Å². The average Bonchev–Trinajstić information content (AvgIpc) is 3.24. The molecule has 8 nitrogen and oxygen atoms in total. The van der Waals surface area contributed by atoms with Crippen molar-refractivity contribution in [3.05, 3.63) is 41.0 Å². The van der Waals surface area contributed by atoms with Gasteiger partial charge in [0.1, 0.15) is 5.82 Å². The fourth-order valence-corrected chi connectivity index (χ4v) is 4.35. The third-order valence-corrected chi connectivity index (χ3v) is 5.95. The van der Waals surface area contributed by atoms with Gasteiger partial charge in [0.15, 0.2) is 11.3 Å². The van der Waals surface area contributed by atoms with Crippen LogP contribution in [0.1, 0.15) is 42.1 Å². The Labute approximate surface area is 166 Å². The molecule has 0 aliphatic carbocycles. The van der Waals surface area contributed by atoms with E-state index in [1.807, 2.05) is 45.0 Å². The Hall–Kier alpha value is -2.78. The molecule has 3 aromatic rings. The van der Waals surface area contributed by atoms with Crippen molar-refractivity contribution in [2.24, 2.45) is 5.92 Å². The lowest BCUT2D eigenvalue weighted by Crippen LogP contribution is -2.57. The minimum Gasteiger partial charge on any atom is -0.322 e. The molecule has 1 aromatic carbocycles. The van der Waals surface area contributed by atoms with Crippen molar-refractivity contribution in [2.75, 3.05) is 5.32 Å². The van der Waals surface area contributed by atoms with E-state index in [2.05, 4.69) is 26.0 Å². The second-order valence-electron chi connectivity index (χ2n) is 6.94. The Balaban J connectivity index is 1.58. The molecule has 0 saturated carbocycles. The van der Waals surface area contributed by atoms with E-state index < -0.39 is 6.29 Å². The smallest absolute Gasteiger partial charge is 0.285 e. The number of hydrogen-bond acceptors (Lipinski definition) is 6. The van der Waals surface area contributed by atoms with Crippen LogP contribution < -0.4 is 16.0 Å². The molecule has 0 spiro atoms. The van der Waals surface area contributed by atoms with Crippen molar-refractivity contribution in [3.63, 3.8) is 0 Å². The molecule has 9 heteroatoms. The Morgan fingerprint density at radius 3 is 2.86 bits per heavy atom. The quantitative estimate of drug-likeness (QED) is 0.627. The molecular weight excluding hydrogens is 376 g/mol. The highest BCUT2D eigenvalue weighted by Gasteiger charge is 2.34. The predicted octanol–water partition coefficient (Wildman–Crippen LogP) is 2.64. The summed E-state index contributed by atoms with van der Waals surface area (Å²) >= 11 is 1.34. The summed E-state index contributed by atoms with van der Waals surface area (Å²) in [6.45, 7) is 5.81. The van der Waals surface area contributed by atoms with Gasteiger partial charge in [0.25, 0.3) is 5.91 Å². The summed E-state index contributed by atoms with van der Waals surface area (Å²) in [4.78, 5) is 29.5. The summed E-state index contributed by atoms with van der Waals surface area (Å²) in [6.07, 6.45) is 0.233. The number of nitrogens with one attached hydrogen (secondary N) is 3. The average molecular weight is 398 g/mol. The van der Waals surface area contributed by atoms with Crippen LogP contribution in [0, 0.1) is 12.8 Å². The first-order valence-electron chi connectivity index (χ1n) is 9.25. The van der Waals surface area contributed by atoms with Crippen LogP contribution in [0.3, 0.4) is 0 Å². The van der Waals surface area contributed by atoms with E-state index in [0.717, 1.165) is 22.3 Å². The molecule has 4 rings (SSSR count). The number of para-hydroxylation sites is 1. The molecule has 28 heavy (non-hydrogen) atoms. The zero-order valence-corrected chi connectivity index (χ0v) is 16.7. The van der Waals surface area contributed by atoms with Gasteiger partial charge in [0.05, 0.1) is 21.8 Å². The highest BCUT2D eigenvalue weighted by atomic mass is 32.1. The van der Waals surface area contributed by atoms with Gasteiger partial charge >= 0.3 is 0 Å². The molecule has 3 heterocycles. The number of aryl methyl sites for hydroxylation is 1. The lowest BCUT2D eigenvalue weighted by molar-refractivity contribution is -0.130. The molecule has 3 unspecified atom stereocenters. The zero-order chi connectivity index (χ0) is 19.8. The van der Waals surface area contributed by atoms with Gasteiger partial charge in [-0.25, -0.2) is 9.67 Å². The van der Waals surface area contributed by atoms with Crippen LogP contribution in [0.15, 0.2) is 30.3 Å². The molecule has 0 radical (unpaired) electrons. The highest BCUT2D eigenvalue weighted by molar-refractivity contribution is 7.20. The second kappa shape index (κ2) is 7.33. The normalized spacial score (nSPS) is 22.2. The molecular formula is C19H22N6O2S. The molecule has 3 atom stereocenters. The van der Waals surface area contributed by atoms with Gasteiger partial charge in [-0.3, -0.25) is 14.9 Å². The van der Waals surface area contributed by atoms with Crippen LogP contribution in [0.4, 0.5) is 5.82 Å². The van der Waals surface area contributed by atoms with Crippen molar-refractivity contribution >= 4 is 39.2 Å². The summed E-state index contributed by atoms with van der Waals surface area (Å²) < 4.78 is 2.55. The fraction of sp³-hybridized carbons (Fsp3) is 0.368. The van der Waals surface area contributed by atoms with Gasteiger partial charge < -0.3 is 10.6 Å². The molecule has 1 aliphatic heterocycles. The van der Waals surface area contributed by atoms with E-state index in [1.54, 1.807) is 10.7 Å². The Morgan fingerprint density at radius 1 is 1.36 bits per heavy atom. The predicted molar refractivity (Wildman–Crippen MR) is 108 cm³/mol. The van der Waals surface area contributed by atoms with Crippen LogP contribution in [0.25, 0.3) is 10.2 Å². The zero-order valence-electron chi connectivity index (χ0n) is 15.9. The molecule has 2 aromatic heterocycles. The summed E-state index contributed by atoms with van der Waals surface area (Å²) in [5, 5.41) is 14.0. The number of amides is 2. The van der Waals surface area contributed by atoms with Crippen molar-refractivity contribution in [1.82, 2.24) is 25.4 Å². The number of nitrogens with zero attached hydrogens (tertiary/aromatic N) is 3. The maximum Gasteiger partial charge on any atom is 0.285 e. The fourth-order valence-electron chi connectivity index (χ4n) is 3.49. The van der Waals surface area contributed by atoms with Gasteiger partial charge in [-0.2, -0.15) is 5.10 Å². The summed E-state index contributed by atoms with van der Waals surface area (Å²) in [6, 6.07) is 9.40. The lowest BCUT2D eigenvalue weighted by atomic mass is 9.95. The van der Waals surface area contributed by atoms with Crippen LogP contribution in [0.5, 0.6) is 0 Å². The molecule has 1 fully saturated rings. The Kier molecular flexibility index (Phi) is 4.86. The number of aromatic nitrogens is 3. The Bertz CT molecular complexity index is 1010. The number of carbonyl (C=O) groups excluding carboxylic acids is 2. The Morgan fingerprint density at radius 2 is 2.14 bits per heavy atom. The van der Waals surface area contributed by atoms with Crippen LogP contribution in [0.2, 0.25) is 0 Å². The van der Waals surface area contributed by atoms with Gasteiger partial charge in [0, 0.05) is 12.1 Å². The van der Waals surface area contributed by atoms with Gasteiger partial charge in [-0.05, 0) is 32.4 Å². The summed E-state index contributed by atoms with van der Waals surface area (Å²) in [5.74, 6) is 0.0923. The van der Waals surface area contributed by atoms with Gasteiger partial charge in [-0.15, -0.1) is 11.3 Å². The largest absolute Gasteiger partial charge is 0.322 e. The number of anilines is 1. The van der Waals surface area contributed by atoms with Crippen LogP contribution in [-0.4, -0.2) is 32.6 Å². The number of fused-ring (bicyclic) bond motifs is 1. The molecule has 1 saturated heterocycles. The maximum atomic E-state index is 12.7. The number of carbonyl (C=O) groups is 2. The third-order valence-electron chi connectivity index (χ3n) is 4.91. The van der Waals surface area contributed by atoms with Crippen molar-refractivity contribution in [2.45, 2.75) is 39.5 Å². The minimum atomic E-state index is -0.523. The topological polar surface area (TPSA) is 101 Å². The van der Waals surface area contributed by atoms with E-state index in [0.29, 0.717) is 10.8 Å². The standard InChI is InChI=1S/C19H22N6O2S/c1-4-12-11(3)20-19(23-16(12)26)25-15(9-10(2)24-25)22-17(27)18-21-13-7-5-6-8-14(13)28-18/h5-9,11-12,19-20H,4H2,1-3H3,(H,22,27)(H,23,26). The molecule has 2 amide bonds. The first kappa shape index (κ1) is 18.6. The molecule has 1 aliphatic rings. The number of benzene rings is 1. The van der Waals surface area contributed by atoms with E-state index in [-0.39, 0.29) is 23.8 Å². The van der Waals surface area contributed by atoms with Gasteiger partial charge in [0.2, 0.25) is 5.91 Å². The molecule has 0 bridgehead atoms. The molecule has 3 N–H and O–H groups in total. The van der Waals surface area contributed by atoms with E-state index in [4.69, 9.17) is 0 Å². The minimum absolute atomic E-state index is 0.000990. The van der Waals surface area contributed by atoms with E-state index >= 15 is 0 Å².